The highest BCUT2D eigenvalue weighted by Gasteiger charge is 2.15. The molecule has 0 saturated carbocycles. The summed E-state index contributed by atoms with van der Waals surface area (Å²) in [5.74, 6) is -0.632. The molecule has 4 rings (SSSR count). The van der Waals surface area contributed by atoms with Gasteiger partial charge in [-0.2, -0.15) is 0 Å². The van der Waals surface area contributed by atoms with Crippen LogP contribution in [0.5, 0.6) is 11.5 Å². The van der Waals surface area contributed by atoms with Crippen LogP contribution in [-0.2, 0) is 6.54 Å². The first-order valence-electron chi connectivity index (χ1n) is 9.11. The minimum Gasteiger partial charge on any atom is -0.457 e. The second-order valence-electron chi connectivity index (χ2n) is 6.40. The fourth-order valence-corrected chi connectivity index (χ4v) is 2.84. The van der Waals surface area contributed by atoms with Gasteiger partial charge in [0.2, 0.25) is 0 Å². The van der Waals surface area contributed by atoms with Crippen molar-refractivity contribution in [3.05, 3.63) is 102 Å². The van der Waals surface area contributed by atoms with Gasteiger partial charge in [0.05, 0.1) is 17.7 Å². The van der Waals surface area contributed by atoms with E-state index in [2.05, 4.69) is 10.5 Å². The van der Waals surface area contributed by atoms with E-state index in [9.17, 15) is 13.6 Å². The van der Waals surface area contributed by atoms with Gasteiger partial charge in [-0.25, -0.2) is 8.78 Å². The first kappa shape index (κ1) is 19.3. The van der Waals surface area contributed by atoms with Gasteiger partial charge >= 0.3 is 0 Å². The quantitative estimate of drug-likeness (QED) is 0.469. The minimum atomic E-state index is -0.756. The number of nitrogens with one attached hydrogen (secondary N) is 1. The monoisotopic (exact) mass is 406 g/mol. The first-order chi connectivity index (χ1) is 14.6. The van der Waals surface area contributed by atoms with Gasteiger partial charge in [-0.15, -0.1) is 0 Å². The van der Waals surface area contributed by atoms with E-state index in [0.29, 0.717) is 22.8 Å². The zero-order chi connectivity index (χ0) is 20.9. The molecule has 5 nitrogen and oxygen atoms in total. The summed E-state index contributed by atoms with van der Waals surface area (Å²) in [6, 6.07) is 20.6. The van der Waals surface area contributed by atoms with Crippen LogP contribution in [0.15, 0.2) is 83.4 Å². The number of benzene rings is 3. The molecule has 0 aliphatic carbocycles. The Morgan fingerprint density at radius 2 is 1.73 bits per heavy atom. The summed E-state index contributed by atoms with van der Waals surface area (Å²) in [5.41, 5.74) is 0.835. The Morgan fingerprint density at radius 1 is 0.967 bits per heavy atom. The lowest BCUT2D eigenvalue weighted by Gasteiger charge is -2.10. The fraction of sp³-hybridized carbons (Fsp3) is 0.0435. The van der Waals surface area contributed by atoms with Crippen LogP contribution >= 0.6 is 0 Å². The topological polar surface area (TPSA) is 64.4 Å². The number of hydrogen-bond acceptors (Lipinski definition) is 4. The van der Waals surface area contributed by atoms with Gasteiger partial charge in [-0.05, 0) is 36.4 Å². The lowest BCUT2D eigenvalue weighted by Crippen LogP contribution is -2.23. The Kier molecular flexibility index (Phi) is 5.52. The van der Waals surface area contributed by atoms with E-state index >= 15 is 0 Å². The molecule has 0 aliphatic rings. The zero-order valence-electron chi connectivity index (χ0n) is 15.6. The van der Waals surface area contributed by atoms with Crippen molar-refractivity contribution >= 4 is 5.91 Å². The second-order valence-corrected chi connectivity index (χ2v) is 6.40. The minimum absolute atomic E-state index is 0.0603. The molecule has 0 saturated heterocycles. The number of carbonyl (C=O) groups is 1. The number of para-hydroxylation sites is 2. The Balaban J connectivity index is 1.45. The molecule has 0 unspecified atom stereocenters. The van der Waals surface area contributed by atoms with E-state index < -0.39 is 11.6 Å². The summed E-state index contributed by atoms with van der Waals surface area (Å²) in [6.07, 6.45) is 0. The average Bonchev–Trinajstić information content (AvgIpc) is 3.22. The highest BCUT2D eigenvalue weighted by molar-refractivity contribution is 5.96. The van der Waals surface area contributed by atoms with Gasteiger partial charge in [0.25, 0.3) is 5.91 Å². The molecule has 0 fully saturated rings. The number of amides is 1. The number of hydrogen-bond donors (Lipinski definition) is 1. The molecule has 0 spiro atoms. The molecule has 0 aliphatic heterocycles. The van der Waals surface area contributed by atoms with Crippen LogP contribution in [0.1, 0.15) is 16.1 Å². The maximum Gasteiger partial charge on any atom is 0.255 e. The summed E-state index contributed by atoms with van der Waals surface area (Å²) in [4.78, 5) is 12.6. The number of carbonyl (C=O) groups excluding carboxylic acids is 1. The van der Waals surface area contributed by atoms with E-state index in [4.69, 9.17) is 9.26 Å². The van der Waals surface area contributed by atoms with Gasteiger partial charge in [0.1, 0.15) is 28.8 Å². The molecule has 3 aromatic carbocycles. The Bertz CT molecular complexity index is 1180. The normalized spacial score (nSPS) is 10.6. The molecule has 4 aromatic rings. The predicted octanol–water partition coefficient (Wildman–Crippen LogP) is 5.34. The molecule has 1 aromatic heterocycles. The summed E-state index contributed by atoms with van der Waals surface area (Å²) in [6.45, 7) is 0.0603. The molecule has 150 valence electrons. The van der Waals surface area contributed by atoms with Crippen molar-refractivity contribution in [3.63, 3.8) is 0 Å². The van der Waals surface area contributed by atoms with E-state index in [-0.39, 0.29) is 23.8 Å². The molecule has 1 amide bonds. The Hall–Kier alpha value is -4.00. The molecular formula is C23H16F2N2O3. The summed E-state index contributed by atoms with van der Waals surface area (Å²) in [5, 5.41) is 6.57. The average molecular weight is 406 g/mol. The number of halogens is 2. The highest BCUT2D eigenvalue weighted by Crippen LogP contribution is 2.26. The lowest BCUT2D eigenvalue weighted by molar-refractivity contribution is 0.0948. The van der Waals surface area contributed by atoms with Crippen molar-refractivity contribution < 1.29 is 22.8 Å². The highest BCUT2D eigenvalue weighted by atomic mass is 19.1. The third-order valence-electron chi connectivity index (χ3n) is 4.29. The van der Waals surface area contributed by atoms with Gasteiger partial charge in [-0.1, -0.05) is 35.5 Å². The standard InChI is InChI=1S/C23H16F2N2O3/c24-15-10-11-18(20(25)12-15)22-13-16(27-30-22)14-26-23(28)19-8-4-5-9-21(19)29-17-6-2-1-3-7-17/h1-13H,14H2,(H,26,28). The number of aromatic nitrogens is 1. The SMILES string of the molecule is O=C(NCc1cc(-c2ccc(F)cc2F)on1)c1ccccc1Oc1ccccc1. The van der Waals surface area contributed by atoms with Crippen molar-refractivity contribution in [2.75, 3.05) is 0 Å². The van der Waals surface area contributed by atoms with E-state index in [0.717, 1.165) is 12.1 Å². The van der Waals surface area contributed by atoms with Crippen molar-refractivity contribution in [1.29, 1.82) is 0 Å². The molecule has 7 heteroatoms. The van der Waals surface area contributed by atoms with Crippen molar-refractivity contribution in [3.8, 4) is 22.8 Å². The molecule has 30 heavy (non-hydrogen) atoms. The van der Waals surface area contributed by atoms with Gasteiger partial charge < -0.3 is 14.6 Å². The Labute approximate surface area is 170 Å². The molecular weight excluding hydrogens is 390 g/mol. The smallest absolute Gasteiger partial charge is 0.255 e. The van der Waals surface area contributed by atoms with Crippen LogP contribution in [-0.4, -0.2) is 11.1 Å². The van der Waals surface area contributed by atoms with Crippen molar-refractivity contribution in [1.82, 2.24) is 10.5 Å². The molecule has 1 N–H and O–H groups in total. The zero-order valence-corrected chi connectivity index (χ0v) is 15.6. The predicted molar refractivity (Wildman–Crippen MR) is 106 cm³/mol. The molecule has 0 radical (unpaired) electrons. The van der Waals surface area contributed by atoms with Crippen LogP contribution in [0.2, 0.25) is 0 Å². The fourth-order valence-electron chi connectivity index (χ4n) is 2.84. The van der Waals surface area contributed by atoms with Crippen LogP contribution in [0.3, 0.4) is 0 Å². The van der Waals surface area contributed by atoms with E-state index in [1.807, 2.05) is 18.2 Å². The largest absolute Gasteiger partial charge is 0.457 e. The first-order valence-corrected chi connectivity index (χ1v) is 9.11. The van der Waals surface area contributed by atoms with Crippen LogP contribution in [0.25, 0.3) is 11.3 Å². The van der Waals surface area contributed by atoms with E-state index in [1.54, 1.807) is 36.4 Å². The summed E-state index contributed by atoms with van der Waals surface area (Å²) in [7, 11) is 0. The number of rotatable bonds is 6. The van der Waals surface area contributed by atoms with Crippen LogP contribution in [0.4, 0.5) is 8.78 Å². The maximum absolute atomic E-state index is 13.9. The number of nitrogens with zero attached hydrogens (tertiary/aromatic N) is 1. The van der Waals surface area contributed by atoms with Crippen molar-refractivity contribution in [2.24, 2.45) is 0 Å². The molecule has 0 bridgehead atoms. The summed E-state index contributed by atoms with van der Waals surface area (Å²) >= 11 is 0. The summed E-state index contributed by atoms with van der Waals surface area (Å²) < 4.78 is 37.9. The van der Waals surface area contributed by atoms with Crippen LogP contribution < -0.4 is 10.1 Å². The molecule has 1 heterocycles. The third-order valence-corrected chi connectivity index (χ3v) is 4.29. The third kappa shape index (κ3) is 4.35. The van der Waals surface area contributed by atoms with E-state index in [1.165, 1.54) is 12.1 Å². The lowest BCUT2D eigenvalue weighted by atomic mass is 10.1. The van der Waals surface area contributed by atoms with Crippen LogP contribution in [0, 0.1) is 11.6 Å². The number of ether oxygens (including phenoxy) is 1. The van der Waals surface area contributed by atoms with Gasteiger partial charge in [0, 0.05) is 12.1 Å². The second kappa shape index (κ2) is 8.57. The Morgan fingerprint density at radius 3 is 2.53 bits per heavy atom. The van der Waals surface area contributed by atoms with Gasteiger partial charge in [0.15, 0.2) is 5.76 Å². The molecule has 0 atom stereocenters. The van der Waals surface area contributed by atoms with Crippen molar-refractivity contribution in [2.45, 2.75) is 6.54 Å². The van der Waals surface area contributed by atoms with Gasteiger partial charge in [-0.3, -0.25) is 4.79 Å². The maximum atomic E-state index is 13.9.